The second-order valence-corrected chi connectivity index (χ2v) is 11.9. The number of anilines is 2. The van der Waals surface area contributed by atoms with Crippen LogP contribution >= 0.6 is 11.3 Å². The molecular formula is C24H26N4O4S2. The number of sulfonamides is 1. The number of benzene rings is 2. The number of aromatic nitrogens is 1. The smallest absolute Gasteiger partial charge is 0.244 e. The van der Waals surface area contributed by atoms with Crippen molar-refractivity contribution < 1.29 is 18.0 Å². The fraction of sp³-hybridized carbons (Fsp3) is 0.375. The molecule has 2 aromatic carbocycles. The Balaban J connectivity index is 1.39. The highest BCUT2D eigenvalue weighted by atomic mass is 32.2. The van der Waals surface area contributed by atoms with Crippen LogP contribution in [-0.2, 0) is 26.0 Å². The van der Waals surface area contributed by atoms with E-state index in [1.807, 2.05) is 32.0 Å². The number of fused-ring (bicyclic) bond motifs is 2. The number of rotatable bonds is 4. The van der Waals surface area contributed by atoms with Gasteiger partial charge in [0.05, 0.1) is 15.1 Å². The van der Waals surface area contributed by atoms with Gasteiger partial charge in [0.15, 0.2) is 5.13 Å². The third kappa shape index (κ3) is 3.89. The standard InChI is InChI=1S/C24H26N4O4S2/c1-14-6-8-19-22(11-14)33-24(25-19)26-23(30)21-5-4-10-27(21)34(31,32)18-7-9-20-17(13-18)12-15(2)28(20)16(3)29/h6-9,11,13,15,21H,4-5,10,12H2,1-3H3,(H,25,26,30)/t15-,21+/m0/s1. The number of carbonyl (C=O) groups excluding carboxylic acids is 2. The lowest BCUT2D eigenvalue weighted by molar-refractivity contribution is -0.119. The summed E-state index contributed by atoms with van der Waals surface area (Å²) in [6, 6.07) is 9.95. The molecule has 1 N–H and O–H groups in total. The Morgan fingerprint density at radius 2 is 1.97 bits per heavy atom. The van der Waals surface area contributed by atoms with Crippen LogP contribution in [0.2, 0.25) is 0 Å². The summed E-state index contributed by atoms with van der Waals surface area (Å²) < 4.78 is 29.3. The lowest BCUT2D eigenvalue weighted by Crippen LogP contribution is -2.43. The van der Waals surface area contributed by atoms with Gasteiger partial charge in [-0.05, 0) is 74.6 Å². The van der Waals surface area contributed by atoms with Crippen LogP contribution in [0.3, 0.4) is 0 Å². The molecule has 10 heteroatoms. The first kappa shape index (κ1) is 22.9. The fourth-order valence-electron chi connectivity index (χ4n) is 4.95. The van der Waals surface area contributed by atoms with Gasteiger partial charge in [-0.25, -0.2) is 13.4 Å². The summed E-state index contributed by atoms with van der Waals surface area (Å²) in [5, 5.41) is 3.29. The third-order valence-corrected chi connectivity index (χ3v) is 9.33. The summed E-state index contributed by atoms with van der Waals surface area (Å²) in [5.74, 6) is -0.433. The lowest BCUT2D eigenvalue weighted by Gasteiger charge is -2.24. The van der Waals surface area contributed by atoms with Crippen molar-refractivity contribution in [1.82, 2.24) is 9.29 Å². The van der Waals surface area contributed by atoms with Crippen LogP contribution in [0.15, 0.2) is 41.3 Å². The van der Waals surface area contributed by atoms with Crippen LogP contribution in [0.5, 0.6) is 0 Å². The van der Waals surface area contributed by atoms with E-state index in [0.717, 1.165) is 27.0 Å². The predicted molar refractivity (Wildman–Crippen MR) is 133 cm³/mol. The van der Waals surface area contributed by atoms with Crippen molar-refractivity contribution in [2.45, 2.75) is 57.0 Å². The molecule has 0 unspecified atom stereocenters. The number of aryl methyl sites for hydroxylation is 1. The highest BCUT2D eigenvalue weighted by molar-refractivity contribution is 7.89. The first-order chi connectivity index (χ1) is 16.1. The van der Waals surface area contributed by atoms with Crippen LogP contribution in [0.4, 0.5) is 10.8 Å². The second-order valence-electron chi connectivity index (χ2n) is 8.99. The van der Waals surface area contributed by atoms with E-state index >= 15 is 0 Å². The first-order valence-corrected chi connectivity index (χ1v) is 13.5. The summed E-state index contributed by atoms with van der Waals surface area (Å²) in [6.45, 7) is 5.73. The van der Waals surface area contributed by atoms with Crippen LogP contribution < -0.4 is 10.2 Å². The van der Waals surface area contributed by atoms with Gasteiger partial charge in [-0.1, -0.05) is 17.4 Å². The summed E-state index contributed by atoms with van der Waals surface area (Å²) >= 11 is 1.38. The Morgan fingerprint density at radius 1 is 1.18 bits per heavy atom. The summed E-state index contributed by atoms with van der Waals surface area (Å²) in [7, 11) is -3.88. The van der Waals surface area contributed by atoms with Gasteiger partial charge in [0.25, 0.3) is 0 Å². The number of hydrogen-bond acceptors (Lipinski definition) is 6. The van der Waals surface area contributed by atoms with Crippen LogP contribution in [-0.4, -0.2) is 48.1 Å². The fourth-order valence-corrected chi connectivity index (χ4v) is 7.62. The number of hydrogen-bond donors (Lipinski definition) is 1. The quantitative estimate of drug-likeness (QED) is 0.591. The van der Waals surface area contributed by atoms with Crippen molar-refractivity contribution in [1.29, 1.82) is 0 Å². The van der Waals surface area contributed by atoms with Crippen LogP contribution in [0.1, 0.15) is 37.8 Å². The number of carbonyl (C=O) groups is 2. The first-order valence-electron chi connectivity index (χ1n) is 11.3. The van der Waals surface area contributed by atoms with E-state index < -0.39 is 16.1 Å². The van der Waals surface area contributed by atoms with Crippen molar-refractivity contribution in [2.75, 3.05) is 16.8 Å². The second kappa shape index (κ2) is 8.44. The highest BCUT2D eigenvalue weighted by Gasteiger charge is 2.40. The van der Waals surface area contributed by atoms with Crippen molar-refractivity contribution in [3.05, 3.63) is 47.5 Å². The topological polar surface area (TPSA) is 99.7 Å². The Kier molecular flexibility index (Phi) is 5.70. The van der Waals surface area contributed by atoms with E-state index in [1.165, 1.54) is 28.6 Å². The molecule has 2 aliphatic rings. The highest BCUT2D eigenvalue weighted by Crippen LogP contribution is 2.36. The molecule has 8 nitrogen and oxygen atoms in total. The van der Waals surface area contributed by atoms with Gasteiger partial charge in [-0.2, -0.15) is 4.31 Å². The SMILES string of the molecule is CC(=O)N1c2ccc(S(=O)(=O)N3CCC[C@@H]3C(=O)Nc3nc4ccc(C)cc4s3)cc2C[C@@H]1C. The Bertz CT molecular complexity index is 1420. The molecule has 0 radical (unpaired) electrons. The van der Waals surface area contributed by atoms with Gasteiger partial charge in [-0.3, -0.25) is 9.59 Å². The van der Waals surface area contributed by atoms with Gasteiger partial charge in [0.1, 0.15) is 6.04 Å². The molecule has 5 rings (SSSR count). The number of nitrogens with one attached hydrogen (secondary N) is 1. The third-order valence-electron chi connectivity index (χ3n) is 6.49. The number of thiazole rings is 1. The van der Waals surface area contributed by atoms with Gasteiger partial charge >= 0.3 is 0 Å². The van der Waals surface area contributed by atoms with Crippen molar-refractivity contribution in [3.63, 3.8) is 0 Å². The minimum Gasteiger partial charge on any atom is -0.309 e. The van der Waals surface area contributed by atoms with Gasteiger partial charge in [-0.15, -0.1) is 0 Å². The summed E-state index contributed by atoms with van der Waals surface area (Å²) in [4.78, 5) is 31.4. The van der Waals surface area contributed by atoms with E-state index in [0.29, 0.717) is 24.4 Å². The molecule has 1 fully saturated rings. The van der Waals surface area contributed by atoms with Crippen molar-refractivity contribution in [2.24, 2.45) is 0 Å². The number of amides is 2. The molecular weight excluding hydrogens is 472 g/mol. The van der Waals surface area contributed by atoms with E-state index in [9.17, 15) is 18.0 Å². The maximum atomic E-state index is 13.5. The monoisotopic (exact) mass is 498 g/mol. The summed E-state index contributed by atoms with van der Waals surface area (Å²) in [6.07, 6.45) is 1.66. The molecule has 3 heterocycles. The maximum absolute atomic E-state index is 13.5. The largest absolute Gasteiger partial charge is 0.309 e. The minimum atomic E-state index is -3.88. The lowest BCUT2D eigenvalue weighted by atomic mass is 10.1. The molecule has 1 aromatic heterocycles. The van der Waals surface area contributed by atoms with Crippen molar-refractivity contribution >= 4 is 54.2 Å². The molecule has 0 saturated carbocycles. The zero-order valence-electron chi connectivity index (χ0n) is 19.2. The Hall–Kier alpha value is -2.82. The summed E-state index contributed by atoms with van der Waals surface area (Å²) in [5.41, 5.74) is 3.49. The van der Waals surface area contributed by atoms with Gasteiger partial charge < -0.3 is 10.2 Å². The molecule has 178 valence electrons. The zero-order chi connectivity index (χ0) is 24.2. The average Bonchev–Trinajstić information content (AvgIpc) is 3.48. The van der Waals surface area contributed by atoms with Crippen LogP contribution in [0.25, 0.3) is 10.2 Å². The minimum absolute atomic E-state index is 0.0200. The molecule has 3 aromatic rings. The number of nitrogens with zero attached hydrogens (tertiary/aromatic N) is 3. The molecule has 2 aliphatic heterocycles. The average molecular weight is 499 g/mol. The maximum Gasteiger partial charge on any atom is 0.244 e. The molecule has 0 aliphatic carbocycles. The molecule has 2 atom stereocenters. The Morgan fingerprint density at radius 3 is 2.74 bits per heavy atom. The van der Waals surface area contributed by atoms with E-state index in [2.05, 4.69) is 10.3 Å². The normalized spacial score (nSPS) is 20.6. The van der Waals surface area contributed by atoms with E-state index in [4.69, 9.17) is 0 Å². The van der Waals surface area contributed by atoms with Gasteiger partial charge in [0, 0.05) is 25.2 Å². The van der Waals surface area contributed by atoms with Crippen LogP contribution in [0, 0.1) is 6.92 Å². The zero-order valence-corrected chi connectivity index (χ0v) is 20.9. The van der Waals surface area contributed by atoms with Gasteiger partial charge in [0.2, 0.25) is 21.8 Å². The molecule has 0 bridgehead atoms. The molecule has 2 amide bonds. The van der Waals surface area contributed by atoms with E-state index in [-0.39, 0.29) is 29.3 Å². The van der Waals surface area contributed by atoms with E-state index in [1.54, 1.807) is 17.0 Å². The molecule has 1 saturated heterocycles. The molecule has 0 spiro atoms. The predicted octanol–water partition coefficient (Wildman–Crippen LogP) is 3.69. The molecule has 34 heavy (non-hydrogen) atoms. The Labute approximate surface area is 202 Å². The van der Waals surface area contributed by atoms with Crippen molar-refractivity contribution in [3.8, 4) is 0 Å².